The molecule has 0 aliphatic heterocycles. The molecule has 0 amide bonds. The van der Waals surface area contributed by atoms with Gasteiger partial charge in [0.1, 0.15) is 0 Å². The molecule has 0 bridgehead atoms. The minimum Gasteiger partial charge on any atom is -0.0851 e. The normalized spacial score (nSPS) is 40.6. The van der Waals surface area contributed by atoms with Gasteiger partial charge in [-0.1, -0.05) is 43.4 Å². The molecule has 0 aromatic carbocycles. The average Bonchev–Trinajstić information content (AvgIpc) is 2.04. The van der Waals surface area contributed by atoms with Gasteiger partial charge in [-0.25, -0.2) is 0 Å². The third-order valence-corrected chi connectivity index (χ3v) is 2.60. The Morgan fingerprint density at radius 3 is 2.73 bits per heavy atom. The van der Waals surface area contributed by atoms with E-state index < -0.39 is 0 Å². The standard InChI is InChI=1S/C11H14/c1-9-6-7-10-4-2-3-5-11(10)8-9/h2-7,9-11H,8H2,1H3. The van der Waals surface area contributed by atoms with Gasteiger partial charge < -0.3 is 0 Å². The van der Waals surface area contributed by atoms with E-state index in [4.69, 9.17) is 0 Å². The largest absolute Gasteiger partial charge is 0.0851 e. The summed E-state index contributed by atoms with van der Waals surface area (Å²) in [6, 6.07) is 0. The van der Waals surface area contributed by atoms with Crippen LogP contribution in [0.25, 0.3) is 0 Å². The van der Waals surface area contributed by atoms with Gasteiger partial charge in [-0.05, 0) is 18.3 Å². The molecule has 0 saturated carbocycles. The Morgan fingerprint density at radius 2 is 1.82 bits per heavy atom. The molecule has 0 saturated heterocycles. The quantitative estimate of drug-likeness (QED) is 0.461. The topological polar surface area (TPSA) is 0 Å². The molecule has 3 unspecified atom stereocenters. The lowest BCUT2D eigenvalue weighted by Crippen LogP contribution is -2.17. The number of rotatable bonds is 0. The molecule has 2 aliphatic carbocycles. The molecular formula is C11H14. The van der Waals surface area contributed by atoms with Crippen LogP contribution in [0.15, 0.2) is 36.5 Å². The summed E-state index contributed by atoms with van der Waals surface area (Å²) in [6.45, 7) is 2.29. The Bertz CT molecular complexity index is 220. The number of allylic oxidation sites excluding steroid dienone is 6. The van der Waals surface area contributed by atoms with Crippen molar-refractivity contribution in [3.63, 3.8) is 0 Å². The van der Waals surface area contributed by atoms with Crippen LogP contribution in [-0.2, 0) is 0 Å². The smallest absolute Gasteiger partial charge is 0.00129 e. The van der Waals surface area contributed by atoms with Gasteiger partial charge in [0.05, 0.1) is 0 Å². The molecule has 58 valence electrons. The first-order chi connectivity index (χ1) is 5.36. The second-order valence-corrected chi connectivity index (χ2v) is 3.61. The Labute approximate surface area is 68.3 Å². The van der Waals surface area contributed by atoms with Crippen molar-refractivity contribution in [2.45, 2.75) is 13.3 Å². The van der Waals surface area contributed by atoms with E-state index in [0.717, 1.165) is 11.8 Å². The molecule has 0 heterocycles. The van der Waals surface area contributed by atoms with Crippen molar-refractivity contribution in [3.05, 3.63) is 36.5 Å². The van der Waals surface area contributed by atoms with Crippen LogP contribution < -0.4 is 0 Å². The summed E-state index contributed by atoms with van der Waals surface area (Å²) in [4.78, 5) is 0. The molecule has 11 heavy (non-hydrogen) atoms. The van der Waals surface area contributed by atoms with E-state index in [1.807, 2.05) is 0 Å². The van der Waals surface area contributed by atoms with Crippen molar-refractivity contribution in [3.8, 4) is 0 Å². The maximum Gasteiger partial charge on any atom is 0.00129 e. The molecule has 0 aromatic heterocycles. The summed E-state index contributed by atoms with van der Waals surface area (Å²) in [7, 11) is 0. The van der Waals surface area contributed by atoms with E-state index >= 15 is 0 Å². The lowest BCUT2D eigenvalue weighted by Gasteiger charge is -2.27. The van der Waals surface area contributed by atoms with E-state index in [9.17, 15) is 0 Å². The van der Waals surface area contributed by atoms with Gasteiger partial charge in [0.2, 0.25) is 0 Å². The third kappa shape index (κ3) is 1.30. The number of fused-ring (bicyclic) bond motifs is 1. The zero-order valence-electron chi connectivity index (χ0n) is 6.90. The van der Waals surface area contributed by atoms with Crippen LogP contribution in [0.3, 0.4) is 0 Å². The number of hydrogen-bond acceptors (Lipinski definition) is 0. The average molecular weight is 146 g/mol. The Morgan fingerprint density at radius 1 is 1.00 bits per heavy atom. The Balaban J connectivity index is 2.20. The van der Waals surface area contributed by atoms with Crippen molar-refractivity contribution < 1.29 is 0 Å². The fraction of sp³-hybridized carbons (Fsp3) is 0.455. The highest BCUT2D eigenvalue weighted by atomic mass is 14.3. The van der Waals surface area contributed by atoms with Crippen molar-refractivity contribution in [2.24, 2.45) is 17.8 Å². The predicted molar refractivity (Wildman–Crippen MR) is 48.2 cm³/mol. The second-order valence-electron chi connectivity index (χ2n) is 3.61. The summed E-state index contributed by atoms with van der Waals surface area (Å²) in [5.74, 6) is 2.24. The fourth-order valence-electron chi connectivity index (χ4n) is 1.94. The monoisotopic (exact) mass is 146 g/mol. The Kier molecular flexibility index (Phi) is 1.69. The van der Waals surface area contributed by atoms with Crippen molar-refractivity contribution in [1.29, 1.82) is 0 Å². The molecule has 0 nitrogen and oxygen atoms in total. The maximum absolute atomic E-state index is 2.35. The molecular weight excluding hydrogens is 132 g/mol. The van der Waals surface area contributed by atoms with Crippen LogP contribution in [0.2, 0.25) is 0 Å². The molecule has 0 aromatic rings. The lowest BCUT2D eigenvalue weighted by atomic mass is 9.78. The van der Waals surface area contributed by atoms with Crippen LogP contribution in [0.4, 0.5) is 0 Å². The summed E-state index contributed by atoms with van der Waals surface area (Å²) in [6.07, 6.45) is 15.0. The van der Waals surface area contributed by atoms with Gasteiger partial charge in [0, 0.05) is 5.92 Å². The SMILES string of the molecule is CC1C=CC2C=CC=CC2C1. The van der Waals surface area contributed by atoms with Gasteiger partial charge >= 0.3 is 0 Å². The zero-order valence-corrected chi connectivity index (χ0v) is 6.90. The van der Waals surface area contributed by atoms with E-state index in [1.165, 1.54) is 6.42 Å². The molecule has 3 atom stereocenters. The van der Waals surface area contributed by atoms with E-state index in [0.29, 0.717) is 5.92 Å². The number of hydrogen-bond donors (Lipinski definition) is 0. The van der Waals surface area contributed by atoms with E-state index in [2.05, 4.69) is 43.4 Å². The first kappa shape index (κ1) is 6.90. The third-order valence-electron chi connectivity index (χ3n) is 2.60. The van der Waals surface area contributed by atoms with Crippen LogP contribution in [0.1, 0.15) is 13.3 Å². The van der Waals surface area contributed by atoms with Crippen molar-refractivity contribution >= 4 is 0 Å². The Hall–Kier alpha value is -0.780. The van der Waals surface area contributed by atoms with Crippen molar-refractivity contribution in [2.75, 3.05) is 0 Å². The predicted octanol–water partition coefficient (Wildman–Crippen LogP) is 2.94. The van der Waals surface area contributed by atoms with Crippen LogP contribution in [0, 0.1) is 17.8 Å². The zero-order chi connectivity index (χ0) is 7.68. The van der Waals surface area contributed by atoms with Gasteiger partial charge in [-0.2, -0.15) is 0 Å². The fourth-order valence-corrected chi connectivity index (χ4v) is 1.94. The van der Waals surface area contributed by atoms with Crippen molar-refractivity contribution in [1.82, 2.24) is 0 Å². The summed E-state index contributed by atoms with van der Waals surface area (Å²) >= 11 is 0. The highest BCUT2D eigenvalue weighted by molar-refractivity contribution is 5.21. The highest BCUT2D eigenvalue weighted by Gasteiger charge is 2.21. The molecule has 0 fully saturated rings. The first-order valence-electron chi connectivity index (χ1n) is 4.39. The van der Waals surface area contributed by atoms with E-state index in [-0.39, 0.29) is 0 Å². The van der Waals surface area contributed by atoms with Gasteiger partial charge in [0.15, 0.2) is 0 Å². The van der Waals surface area contributed by atoms with E-state index in [1.54, 1.807) is 0 Å². The van der Waals surface area contributed by atoms with Gasteiger partial charge in [0.25, 0.3) is 0 Å². The molecule has 0 spiro atoms. The second kappa shape index (κ2) is 2.69. The van der Waals surface area contributed by atoms with Crippen LogP contribution >= 0.6 is 0 Å². The molecule has 0 N–H and O–H groups in total. The maximum atomic E-state index is 2.35. The minimum absolute atomic E-state index is 0.691. The molecule has 0 heteroatoms. The van der Waals surface area contributed by atoms with Gasteiger partial charge in [-0.3, -0.25) is 0 Å². The first-order valence-corrected chi connectivity index (χ1v) is 4.39. The molecule has 2 rings (SSSR count). The highest BCUT2D eigenvalue weighted by Crippen LogP contribution is 2.31. The molecule has 0 radical (unpaired) electrons. The van der Waals surface area contributed by atoms with Gasteiger partial charge in [-0.15, -0.1) is 0 Å². The van der Waals surface area contributed by atoms with Crippen LogP contribution in [-0.4, -0.2) is 0 Å². The lowest BCUT2D eigenvalue weighted by molar-refractivity contribution is 0.425. The molecule has 2 aliphatic rings. The summed E-state index contributed by atoms with van der Waals surface area (Å²) in [5.41, 5.74) is 0. The van der Waals surface area contributed by atoms with Crippen LogP contribution in [0.5, 0.6) is 0 Å². The summed E-state index contributed by atoms with van der Waals surface area (Å²) < 4.78 is 0. The summed E-state index contributed by atoms with van der Waals surface area (Å²) in [5, 5.41) is 0. The minimum atomic E-state index is 0.691.